The molecule has 0 spiro atoms. The normalized spacial score (nSPS) is 10.1. The van der Waals surface area contributed by atoms with E-state index in [0.717, 1.165) is 0 Å². The monoisotopic (exact) mass is 274 g/mol. The van der Waals surface area contributed by atoms with Crippen LogP contribution < -0.4 is 4.74 Å². The summed E-state index contributed by atoms with van der Waals surface area (Å²) in [5.74, 6) is -0.0499. The van der Waals surface area contributed by atoms with Crippen LogP contribution in [0.4, 0.5) is 0 Å². The lowest BCUT2D eigenvalue weighted by molar-refractivity contribution is 0.0472. The van der Waals surface area contributed by atoms with E-state index in [1.807, 2.05) is 0 Å². The molecular weight excluding hydrogens is 260 g/mol. The topological polar surface area (TPSA) is 76.0 Å². The molecule has 2 aromatic carbocycles. The first-order valence-corrected chi connectivity index (χ1v) is 5.92. The van der Waals surface area contributed by atoms with Gasteiger partial charge in [0, 0.05) is 0 Å². The van der Waals surface area contributed by atoms with Gasteiger partial charge < -0.3 is 19.7 Å². The molecule has 0 saturated heterocycles. The van der Waals surface area contributed by atoms with Crippen LogP contribution >= 0.6 is 0 Å². The van der Waals surface area contributed by atoms with Crippen molar-refractivity contribution >= 4 is 5.97 Å². The fraction of sp³-hybridized carbons (Fsp3) is 0.133. The van der Waals surface area contributed by atoms with E-state index in [1.54, 1.807) is 12.1 Å². The lowest BCUT2D eigenvalue weighted by Gasteiger charge is -2.08. The highest BCUT2D eigenvalue weighted by Crippen LogP contribution is 2.26. The molecule has 0 aliphatic rings. The third-order valence-corrected chi connectivity index (χ3v) is 2.72. The van der Waals surface area contributed by atoms with Gasteiger partial charge in [-0.1, -0.05) is 6.07 Å². The number of carbonyl (C=O) groups is 1. The van der Waals surface area contributed by atoms with Gasteiger partial charge in [0.15, 0.2) is 11.5 Å². The molecule has 0 saturated carbocycles. The van der Waals surface area contributed by atoms with Gasteiger partial charge in [-0.25, -0.2) is 4.79 Å². The standard InChI is InChI=1S/C15H14O5/c1-19-14-8-10(2-7-13(14)17)9-20-15(18)11-3-5-12(16)6-4-11/h2-8,16-17H,9H2,1H3. The molecule has 2 N–H and O–H groups in total. The van der Waals surface area contributed by atoms with Crippen molar-refractivity contribution in [2.45, 2.75) is 6.61 Å². The lowest BCUT2D eigenvalue weighted by atomic mass is 10.2. The van der Waals surface area contributed by atoms with E-state index in [1.165, 1.54) is 37.4 Å². The van der Waals surface area contributed by atoms with Crippen LogP contribution in [0, 0.1) is 0 Å². The van der Waals surface area contributed by atoms with Crippen molar-refractivity contribution in [1.29, 1.82) is 0 Å². The highest BCUT2D eigenvalue weighted by Gasteiger charge is 2.08. The Morgan fingerprint density at radius 3 is 2.45 bits per heavy atom. The van der Waals surface area contributed by atoms with Crippen molar-refractivity contribution in [3.63, 3.8) is 0 Å². The van der Waals surface area contributed by atoms with Crippen LogP contribution in [0.2, 0.25) is 0 Å². The molecular formula is C15H14O5. The number of rotatable bonds is 4. The van der Waals surface area contributed by atoms with Crippen LogP contribution in [0.15, 0.2) is 42.5 Å². The molecule has 0 fully saturated rings. The van der Waals surface area contributed by atoms with Crippen LogP contribution in [-0.2, 0) is 11.3 Å². The third kappa shape index (κ3) is 3.20. The zero-order chi connectivity index (χ0) is 14.5. The number of phenolic OH excluding ortho intramolecular Hbond substituents is 2. The summed E-state index contributed by atoms with van der Waals surface area (Å²) in [6.45, 7) is 0.0658. The Kier molecular flexibility index (Phi) is 4.10. The smallest absolute Gasteiger partial charge is 0.338 e. The molecule has 0 atom stereocenters. The molecule has 0 aliphatic heterocycles. The van der Waals surface area contributed by atoms with E-state index in [2.05, 4.69) is 0 Å². The minimum atomic E-state index is -0.489. The number of carbonyl (C=O) groups excluding carboxylic acids is 1. The molecule has 20 heavy (non-hydrogen) atoms. The second-order valence-electron chi connectivity index (χ2n) is 4.13. The highest BCUT2D eigenvalue weighted by atomic mass is 16.5. The van der Waals surface area contributed by atoms with E-state index in [4.69, 9.17) is 14.6 Å². The van der Waals surface area contributed by atoms with Crippen LogP contribution in [0.5, 0.6) is 17.2 Å². The van der Waals surface area contributed by atoms with Gasteiger partial charge in [0.05, 0.1) is 12.7 Å². The SMILES string of the molecule is COc1cc(COC(=O)c2ccc(O)cc2)ccc1O. The summed E-state index contributed by atoms with van der Waals surface area (Å²) in [6, 6.07) is 10.5. The van der Waals surface area contributed by atoms with E-state index in [9.17, 15) is 9.90 Å². The van der Waals surface area contributed by atoms with Crippen molar-refractivity contribution < 1.29 is 24.5 Å². The number of benzene rings is 2. The average molecular weight is 274 g/mol. The van der Waals surface area contributed by atoms with E-state index in [0.29, 0.717) is 16.9 Å². The van der Waals surface area contributed by atoms with Crippen molar-refractivity contribution in [3.05, 3.63) is 53.6 Å². The first kappa shape index (κ1) is 13.7. The number of ether oxygens (including phenoxy) is 2. The molecule has 0 heterocycles. The highest BCUT2D eigenvalue weighted by molar-refractivity contribution is 5.89. The summed E-state index contributed by atoms with van der Waals surface area (Å²) >= 11 is 0. The van der Waals surface area contributed by atoms with E-state index in [-0.39, 0.29) is 18.1 Å². The summed E-state index contributed by atoms with van der Waals surface area (Å²) in [5.41, 5.74) is 1.06. The zero-order valence-corrected chi connectivity index (χ0v) is 10.9. The van der Waals surface area contributed by atoms with Gasteiger partial charge in [-0.3, -0.25) is 0 Å². The summed E-state index contributed by atoms with van der Waals surface area (Å²) < 4.78 is 10.1. The maximum absolute atomic E-state index is 11.8. The van der Waals surface area contributed by atoms with E-state index >= 15 is 0 Å². The van der Waals surface area contributed by atoms with Gasteiger partial charge in [-0.2, -0.15) is 0 Å². The number of methoxy groups -OCH3 is 1. The van der Waals surface area contributed by atoms with Crippen LogP contribution in [0.25, 0.3) is 0 Å². The Morgan fingerprint density at radius 2 is 1.80 bits per heavy atom. The number of hydrogen-bond donors (Lipinski definition) is 2. The average Bonchev–Trinajstić information content (AvgIpc) is 2.46. The minimum absolute atomic E-state index is 0.0288. The van der Waals surface area contributed by atoms with Crippen LogP contribution in [0.1, 0.15) is 15.9 Å². The molecule has 0 unspecified atom stereocenters. The number of phenols is 2. The van der Waals surface area contributed by atoms with E-state index < -0.39 is 5.97 Å². The second kappa shape index (κ2) is 5.97. The quantitative estimate of drug-likeness (QED) is 0.837. The third-order valence-electron chi connectivity index (χ3n) is 2.72. The van der Waals surface area contributed by atoms with Gasteiger partial charge in [0.25, 0.3) is 0 Å². The Bertz CT molecular complexity index is 604. The molecule has 0 amide bonds. The first-order valence-electron chi connectivity index (χ1n) is 5.92. The number of hydrogen-bond acceptors (Lipinski definition) is 5. The largest absolute Gasteiger partial charge is 0.508 e. The van der Waals surface area contributed by atoms with Crippen molar-refractivity contribution in [2.75, 3.05) is 7.11 Å². The molecule has 0 radical (unpaired) electrons. The summed E-state index contributed by atoms with van der Waals surface area (Å²) in [4.78, 5) is 11.8. The maximum atomic E-state index is 11.8. The Morgan fingerprint density at radius 1 is 1.10 bits per heavy atom. The van der Waals surface area contributed by atoms with Crippen molar-refractivity contribution in [2.24, 2.45) is 0 Å². The molecule has 0 bridgehead atoms. The lowest BCUT2D eigenvalue weighted by Crippen LogP contribution is -2.05. The molecule has 2 rings (SSSR count). The molecule has 0 aromatic heterocycles. The second-order valence-corrected chi connectivity index (χ2v) is 4.13. The fourth-order valence-corrected chi connectivity index (χ4v) is 1.64. The van der Waals surface area contributed by atoms with Gasteiger partial charge in [0.1, 0.15) is 12.4 Å². The zero-order valence-electron chi connectivity index (χ0n) is 10.9. The van der Waals surface area contributed by atoms with Crippen LogP contribution in [-0.4, -0.2) is 23.3 Å². The molecule has 5 heteroatoms. The number of aromatic hydroxyl groups is 2. The minimum Gasteiger partial charge on any atom is -0.508 e. The molecule has 2 aromatic rings. The van der Waals surface area contributed by atoms with Crippen LogP contribution in [0.3, 0.4) is 0 Å². The van der Waals surface area contributed by atoms with Gasteiger partial charge in [0.2, 0.25) is 0 Å². The predicted octanol–water partition coefficient (Wildman–Crippen LogP) is 2.46. The Labute approximate surface area is 116 Å². The fourth-order valence-electron chi connectivity index (χ4n) is 1.64. The Balaban J connectivity index is 2.01. The molecule has 5 nitrogen and oxygen atoms in total. The maximum Gasteiger partial charge on any atom is 0.338 e. The molecule has 0 aliphatic carbocycles. The van der Waals surface area contributed by atoms with Gasteiger partial charge in [-0.05, 0) is 42.0 Å². The summed E-state index contributed by atoms with van der Waals surface area (Å²) in [7, 11) is 1.45. The summed E-state index contributed by atoms with van der Waals surface area (Å²) in [5, 5.41) is 18.6. The van der Waals surface area contributed by atoms with Gasteiger partial charge >= 0.3 is 5.97 Å². The summed E-state index contributed by atoms with van der Waals surface area (Å²) in [6.07, 6.45) is 0. The first-order chi connectivity index (χ1) is 9.60. The van der Waals surface area contributed by atoms with Gasteiger partial charge in [-0.15, -0.1) is 0 Å². The van der Waals surface area contributed by atoms with Crippen molar-refractivity contribution in [3.8, 4) is 17.2 Å². The Hall–Kier alpha value is -2.69. The van der Waals surface area contributed by atoms with Crippen molar-refractivity contribution in [1.82, 2.24) is 0 Å². The number of esters is 1. The predicted molar refractivity (Wildman–Crippen MR) is 71.9 cm³/mol. The molecule has 104 valence electrons.